The summed E-state index contributed by atoms with van der Waals surface area (Å²) in [4.78, 5) is 13.2. The lowest BCUT2D eigenvalue weighted by atomic mass is 10.2. The van der Waals surface area contributed by atoms with Gasteiger partial charge in [0.05, 0.1) is 13.2 Å². The van der Waals surface area contributed by atoms with Gasteiger partial charge in [-0.1, -0.05) is 12.0 Å². The topological polar surface area (TPSA) is 101 Å². The number of hydrogen-bond donors (Lipinski definition) is 1. The summed E-state index contributed by atoms with van der Waals surface area (Å²) in [5.41, 5.74) is 13.3. The van der Waals surface area contributed by atoms with Crippen molar-refractivity contribution in [2.75, 3.05) is 7.11 Å². The number of hydrogen-bond acceptors (Lipinski definition) is 4. The second-order valence-electron chi connectivity index (χ2n) is 1.99. The Morgan fingerprint density at radius 1 is 1.82 bits per heavy atom. The smallest absolute Gasteiger partial charge is 0.323 e. The van der Waals surface area contributed by atoms with Crippen molar-refractivity contribution < 1.29 is 9.53 Å². The third-order valence-corrected chi connectivity index (χ3v) is 1.23. The first kappa shape index (κ1) is 9.74. The van der Waals surface area contributed by atoms with Crippen LogP contribution in [0.25, 0.3) is 10.4 Å². The van der Waals surface area contributed by atoms with E-state index in [-0.39, 0.29) is 0 Å². The molecule has 62 valence electrons. The van der Waals surface area contributed by atoms with Crippen molar-refractivity contribution in [2.24, 2.45) is 10.8 Å². The van der Waals surface area contributed by atoms with E-state index in [1.807, 2.05) is 0 Å². The molecule has 0 aromatic rings. The Kier molecular flexibility index (Phi) is 4.02. The number of carbonyl (C=O) groups excluding carboxylic acids is 1. The Hall–Kier alpha value is -1.26. The SMILES string of the molecule is COC(=O)[C@@H](N)[C@H](C)N=[N+]=[N-]. The maximum atomic E-state index is 10.7. The molecule has 0 fully saturated rings. The van der Waals surface area contributed by atoms with Crippen LogP contribution in [-0.2, 0) is 9.53 Å². The number of azide groups is 1. The van der Waals surface area contributed by atoms with Gasteiger partial charge in [-0.15, -0.1) is 0 Å². The molecule has 0 radical (unpaired) electrons. The molecule has 2 atom stereocenters. The van der Waals surface area contributed by atoms with Crippen molar-refractivity contribution in [3.8, 4) is 0 Å². The van der Waals surface area contributed by atoms with E-state index in [0.29, 0.717) is 0 Å². The van der Waals surface area contributed by atoms with Gasteiger partial charge in [0.25, 0.3) is 0 Å². The van der Waals surface area contributed by atoms with Crippen LogP contribution in [-0.4, -0.2) is 25.2 Å². The summed E-state index contributed by atoms with van der Waals surface area (Å²) >= 11 is 0. The van der Waals surface area contributed by atoms with Crippen molar-refractivity contribution in [1.29, 1.82) is 0 Å². The normalized spacial score (nSPS) is 14.5. The standard InChI is InChI=1S/C5H10N4O2/c1-3(8-9-7)4(6)5(10)11-2/h3-4H,6H2,1-2H3/t3-,4-/m0/s1. The van der Waals surface area contributed by atoms with Gasteiger partial charge in [-0.3, -0.25) is 4.79 Å². The summed E-state index contributed by atoms with van der Waals surface area (Å²) < 4.78 is 4.33. The Labute approximate surface area is 63.9 Å². The fraction of sp³-hybridized carbons (Fsp3) is 0.800. The predicted octanol–water partition coefficient (Wildman–Crippen LogP) is 0.185. The summed E-state index contributed by atoms with van der Waals surface area (Å²) in [6.45, 7) is 1.54. The Bertz CT molecular complexity index is 187. The van der Waals surface area contributed by atoms with Gasteiger partial charge in [-0.05, 0) is 5.53 Å². The molecule has 0 aromatic carbocycles. The number of rotatable bonds is 3. The van der Waals surface area contributed by atoms with Gasteiger partial charge in [-0.2, -0.15) is 0 Å². The van der Waals surface area contributed by atoms with E-state index in [4.69, 9.17) is 11.3 Å². The molecule has 0 heterocycles. The molecule has 6 heteroatoms. The summed E-state index contributed by atoms with van der Waals surface area (Å²) in [7, 11) is 1.23. The quantitative estimate of drug-likeness (QED) is 0.274. The average molecular weight is 158 g/mol. The van der Waals surface area contributed by atoms with E-state index in [1.54, 1.807) is 6.92 Å². The molecular weight excluding hydrogens is 148 g/mol. The van der Waals surface area contributed by atoms with Crippen molar-refractivity contribution in [2.45, 2.75) is 19.0 Å². The van der Waals surface area contributed by atoms with Crippen LogP contribution in [0.5, 0.6) is 0 Å². The largest absolute Gasteiger partial charge is 0.468 e. The summed E-state index contributed by atoms with van der Waals surface area (Å²) in [6, 6.07) is -1.46. The van der Waals surface area contributed by atoms with Gasteiger partial charge in [0.2, 0.25) is 0 Å². The molecule has 0 spiro atoms. The van der Waals surface area contributed by atoms with Gasteiger partial charge < -0.3 is 10.5 Å². The van der Waals surface area contributed by atoms with Gasteiger partial charge in [0, 0.05) is 4.91 Å². The zero-order chi connectivity index (χ0) is 8.85. The summed E-state index contributed by atoms with van der Waals surface area (Å²) in [5.74, 6) is -0.579. The van der Waals surface area contributed by atoms with Gasteiger partial charge in [0.1, 0.15) is 6.04 Å². The highest BCUT2D eigenvalue weighted by Crippen LogP contribution is 1.97. The number of nitrogens with zero attached hydrogens (tertiary/aromatic N) is 3. The lowest BCUT2D eigenvalue weighted by Crippen LogP contribution is -2.39. The molecule has 0 aliphatic carbocycles. The molecule has 0 aliphatic heterocycles. The van der Waals surface area contributed by atoms with Crippen LogP contribution in [0.4, 0.5) is 0 Å². The number of esters is 1. The number of methoxy groups -OCH3 is 1. The predicted molar refractivity (Wildman–Crippen MR) is 38.6 cm³/mol. The highest BCUT2D eigenvalue weighted by atomic mass is 16.5. The van der Waals surface area contributed by atoms with Crippen LogP contribution in [0, 0.1) is 0 Å². The van der Waals surface area contributed by atoms with E-state index in [0.717, 1.165) is 0 Å². The monoisotopic (exact) mass is 158 g/mol. The highest BCUT2D eigenvalue weighted by Gasteiger charge is 2.19. The average Bonchev–Trinajstić information content (AvgIpc) is 2.02. The van der Waals surface area contributed by atoms with E-state index >= 15 is 0 Å². The van der Waals surface area contributed by atoms with Crippen molar-refractivity contribution >= 4 is 5.97 Å². The van der Waals surface area contributed by atoms with Crippen molar-refractivity contribution in [1.82, 2.24) is 0 Å². The first-order valence-corrected chi connectivity index (χ1v) is 3.01. The maximum absolute atomic E-state index is 10.7. The molecular formula is C5H10N4O2. The Morgan fingerprint density at radius 2 is 2.36 bits per heavy atom. The Balaban J connectivity index is 4.11. The molecule has 0 aromatic heterocycles. The van der Waals surface area contributed by atoms with Crippen LogP contribution in [0.15, 0.2) is 5.11 Å². The molecule has 0 saturated carbocycles. The molecule has 11 heavy (non-hydrogen) atoms. The van der Waals surface area contributed by atoms with Crippen LogP contribution in [0.2, 0.25) is 0 Å². The maximum Gasteiger partial charge on any atom is 0.323 e. The molecule has 0 rings (SSSR count). The first-order valence-electron chi connectivity index (χ1n) is 3.01. The molecule has 0 saturated heterocycles. The third kappa shape index (κ3) is 2.88. The molecule has 0 bridgehead atoms. The van der Waals surface area contributed by atoms with Crippen LogP contribution in [0.3, 0.4) is 0 Å². The van der Waals surface area contributed by atoms with E-state index in [2.05, 4.69) is 14.8 Å². The van der Waals surface area contributed by atoms with Crippen LogP contribution < -0.4 is 5.73 Å². The van der Waals surface area contributed by atoms with Gasteiger partial charge in [0.15, 0.2) is 0 Å². The van der Waals surface area contributed by atoms with Crippen molar-refractivity contribution in [3.63, 3.8) is 0 Å². The summed E-state index contributed by atoms with van der Waals surface area (Å²) in [6.07, 6.45) is 0. The number of carbonyl (C=O) groups is 1. The minimum atomic E-state index is -0.879. The van der Waals surface area contributed by atoms with Gasteiger partial charge in [-0.25, -0.2) is 0 Å². The number of ether oxygens (including phenoxy) is 1. The second kappa shape index (κ2) is 4.54. The Morgan fingerprint density at radius 3 is 2.73 bits per heavy atom. The third-order valence-electron chi connectivity index (χ3n) is 1.23. The second-order valence-corrected chi connectivity index (χ2v) is 1.99. The van der Waals surface area contributed by atoms with E-state index in [9.17, 15) is 4.79 Å². The van der Waals surface area contributed by atoms with E-state index in [1.165, 1.54) is 7.11 Å². The van der Waals surface area contributed by atoms with Gasteiger partial charge >= 0.3 is 5.97 Å². The fourth-order valence-corrected chi connectivity index (χ4v) is 0.486. The van der Waals surface area contributed by atoms with Crippen molar-refractivity contribution in [3.05, 3.63) is 10.4 Å². The molecule has 0 unspecified atom stereocenters. The van der Waals surface area contributed by atoms with Crippen LogP contribution >= 0.6 is 0 Å². The number of nitrogens with two attached hydrogens (primary N) is 1. The fourth-order valence-electron chi connectivity index (χ4n) is 0.486. The zero-order valence-electron chi connectivity index (χ0n) is 6.39. The van der Waals surface area contributed by atoms with E-state index < -0.39 is 18.1 Å². The molecule has 0 aliphatic rings. The molecule has 6 nitrogen and oxygen atoms in total. The highest BCUT2D eigenvalue weighted by molar-refractivity contribution is 5.76. The molecule has 0 amide bonds. The van der Waals surface area contributed by atoms with Crippen LogP contribution in [0.1, 0.15) is 6.92 Å². The minimum Gasteiger partial charge on any atom is -0.468 e. The minimum absolute atomic E-state index is 0.576. The lowest BCUT2D eigenvalue weighted by molar-refractivity contribution is -0.142. The first-order chi connectivity index (χ1) is 5.13. The molecule has 2 N–H and O–H groups in total. The lowest BCUT2D eigenvalue weighted by Gasteiger charge is -2.11. The zero-order valence-corrected chi connectivity index (χ0v) is 6.39. The summed E-state index contributed by atoms with van der Waals surface area (Å²) in [5, 5.41) is 3.25.